The van der Waals surface area contributed by atoms with Crippen LogP contribution in [0.2, 0.25) is 0 Å². The second-order valence-electron chi connectivity index (χ2n) is 8.56. The first-order valence-electron chi connectivity index (χ1n) is 11.4. The van der Waals surface area contributed by atoms with E-state index in [9.17, 15) is 4.79 Å². The van der Waals surface area contributed by atoms with Crippen LogP contribution in [0.25, 0.3) is 0 Å². The van der Waals surface area contributed by atoms with Crippen molar-refractivity contribution in [1.29, 1.82) is 0 Å². The Balaban J connectivity index is 1.51. The molecule has 6 nitrogen and oxygen atoms in total. The minimum atomic E-state index is -0.0499. The van der Waals surface area contributed by atoms with Gasteiger partial charge in [-0.05, 0) is 51.5 Å². The number of nitrogens with one attached hydrogen (secondary N) is 1. The summed E-state index contributed by atoms with van der Waals surface area (Å²) in [6.45, 7) is 11.7. The first-order valence-corrected chi connectivity index (χ1v) is 11.4. The molecule has 0 radical (unpaired) electrons. The van der Waals surface area contributed by atoms with Crippen LogP contribution in [0, 0.1) is 20.8 Å². The number of carbonyl (C=O) groups is 1. The van der Waals surface area contributed by atoms with E-state index in [1.54, 1.807) is 0 Å². The van der Waals surface area contributed by atoms with Gasteiger partial charge in [0.1, 0.15) is 11.5 Å². The van der Waals surface area contributed by atoms with Crippen LogP contribution in [0.15, 0.2) is 52.9 Å². The SMILES string of the molecule is Cc1ccc(C(CNC(=O)c2cc(C)n(C(C)c3ccccc3)c2C)N2CCOCC2)o1. The monoisotopic (exact) mass is 435 g/mol. The van der Waals surface area contributed by atoms with Crippen molar-refractivity contribution in [1.82, 2.24) is 14.8 Å². The molecular formula is C26H33N3O3. The molecule has 1 aromatic carbocycles. The Morgan fingerprint density at radius 3 is 2.44 bits per heavy atom. The molecular weight excluding hydrogens is 402 g/mol. The zero-order valence-electron chi connectivity index (χ0n) is 19.4. The second kappa shape index (κ2) is 9.76. The standard InChI is InChI=1S/C26H33N3O3/c1-18-16-23(21(4)29(18)20(3)22-8-6-5-7-9-22)26(30)27-17-24(25-11-10-19(2)32-25)28-12-14-31-15-13-28/h5-11,16,20,24H,12-15,17H2,1-4H3,(H,27,30). The molecule has 170 valence electrons. The summed E-state index contributed by atoms with van der Waals surface area (Å²) in [7, 11) is 0. The van der Waals surface area contributed by atoms with Crippen molar-refractivity contribution >= 4 is 5.91 Å². The van der Waals surface area contributed by atoms with Crippen molar-refractivity contribution < 1.29 is 13.9 Å². The predicted octanol–water partition coefficient (Wildman–Crippen LogP) is 4.42. The van der Waals surface area contributed by atoms with Crippen LogP contribution in [-0.4, -0.2) is 48.2 Å². The molecule has 0 bridgehead atoms. The first kappa shape index (κ1) is 22.4. The number of hydrogen-bond donors (Lipinski definition) is 1. The fourth-order valence-corrected chi connectivity index (χ4v) is 4.70. The average Bonchev–Trinajstić information content (AvgIpc) is 3.37. The maximum atomic E-state index is 13.2. The van der Waals surface area contributed by atoms with Crippen molar-refractivity contribution in [2.75, 3.05) is 32.8 Å². The maximum absolute atomic E-state index is 13.2. The van der Waals surface area contributed by atoms with Gasteiger partial charge in [0.2, 0.25) is 0 Å². The molecule has 6 heteroatoms. The van der Waals surface area contributed by atoms with Crippen LogP contribution < -0.4 is 5.32 Å². The molecule has 1 aliphatic heterocycles. The number of nitrogens with zero attached hydrogens (tertiary/aromatic N) is 2. The Bertz CT molecular complexity index is 1050. The number of carbonyl (C=O) groups excluding carboxylic acids is 1. The summed E-state index contributed by atoms with van der Waals surface area (Å²) in [5, 5.41) is 3.17. The van der Waals surface area contributed by atoms with Gasteiger partial charge in [0.05, 0.1) is 30.9 Å². The molecule has 0 spiro atoms. The van der Waals surface area contributed by atoms with Crippen LogP contribution in [0.5, 0.6) is 0 Å². The van der Waals surface area contributed by atoms with Crippen LogP contribution >= 0.6 is 0 Å². The molecule has 2 aromatic heterocycles. The smallest absolute Gasteiger partial charge is 0.253 e. The van der Waals surface area contributed by atoms with Crippen molar-refractivity contribution in [3.8, 4) is 0 Å². The lowest BCUT2D eigenvalue weighted by Gasteiger charge is -2.33. The molecule has 32 heavy (non-hydrogen) atoms. The van der Waals surface area contributed by atoms with Gasteiger partial charge in [0, 0.05) is 31.0 Å². The van der Waals surface area contributed by atoms with E-state index in [4.69, 9.17) is 9.15 Å². The van der Waals surface area contributed by atoms with E-state index in [0.717, 1.165) is 41.6 Å². The lowest BCUT2D eigenvalue weighted by atomic mass is 10.1. The number of aryl methyl sites for hydroxylation is 2. The third-order valence-electron chi connectivity index (χ3n) is 6.43. The summed E-state index contributed by atoms with van der Waals surface area (Å²) in [4.78, 5) is 15.5. The lowest BCUT2D eigenvalue weighted by Crippen LogP contribution is -2.43. The topological polar surface area (TPSA) is 59.6 Å². The summed E-state index contributed by atoms with van der Waals surface area (Å²) < 4.78 is 13.7. The Labute approximate surface area is 190 Å². The fourth-order valence-electron chi connectivity index (χ4n) is 4.70. The highest BCUT2D eigenvalue weighted by molar-refractivity contribution is 5.95. The van der Waals surface area contributed by atoms with Gasteiger partial charge in [-0.25, -0.2) is 0 Å². The minimum Gasteiger partial charge on any atom is -0.465 e. The third kappa shape index (κ3) is 4.66. The first-order chi connectivity index (χ1) is 15.5. The third-order valence-corrected chi connectivity index (χ3v) is 6.43. The summed E-state index contributed by atoms with van der Waals surface area (Å²) in [5.41, 5.74) is 4.01. The normalized spacial score (nSPS) is 16.6. The zero-order valence-corrected chi connectivity index (χ0v) is 19.4. The van der Waals surface area contributed by atoms with E-state index < -0.39 is 0 Å². The highest BCUT2D eigenvalue weighted by Gasteiger charge is 2.27. The molecule has 2 unspecified atom stereocenters. The fraction of sp³-hybridized carbons (Fsp3) is 0.423. The van der Waals surface area contributed by atoms with E-state index in [0.29, 0.717) is 19.8 Å². The van der Waals surface area contributed by atoms with Crippen LogP contribution in [0.4, 0.5) is 0 Å². The van der Waals surface area contributed by atoms with Gasteiger partial charge in [0.25, 0.3) is 5.91 Å². The highest BCUT2D eigenvalue weighted by Crippen LogP contribution is 2.26. The molecule has 1 N–H and O–H groups in total. The van der Waals surface area contributed by atoms with Gasteiger partial charge in [-0.1, -0.05) is 30.3 Å². The predicted molar refractivity (Wildman–Crippen MR) is 125 cm³/mol. The lowest BCUT2D eigenvalue weighted by molar-refractivity contribution is 0.0117. The number of morpholine rings is 1. The number of benzene rings is 1. The van der Waals surface area contributed by atoms with Crippen molar-refractivity contribution in [2.45, 2.75) is 39.8 Å². The summed E-state index contributed by atoms with van der Waals surface area (Å²) in [5.74, 6) is 1.71. The Kier molecular flexibility index (Phi) is 6.82. The van der Waals surface area contributed by atoms with E-state index in [-0.39, 0.29) is 18.0 Å². The number of furan rings is 1. The quantitative estimate of drug-likeness (QED) is 0.597. The van der Waals surface area contributed by atoms with E-state index in [2.05, 4.69) is 52.9 Å². The van der Waals surface area contributed by atoms with Gasteiger partial charge in [-0.15, -0.1) is 0 Å². The molecule has 2 atom stereocenters. The number of hydrogen-bond acceptors (Lipinski definition) is 4. The highest BCUT2D eigenvalue weighted by atomic mass is 16.5. The molecule has 1 amide bonds. The van der Waals surface area contributed by atoms with Crippen molar-refractivity contribution in [3.63, 3.8) is 0 Å². The van der Waals surface area contributed by atoms with Gasteiger partial charge in [-0.2, -0.15) is 0 Å². The molecule has 3 aromatic rings. The van der Waals surface area contributed by atoms with Gasteiger partial charge in [0.15, 0.2) is 0 Å². The second-order valence-corrected chi connectivity index (χ2v) is 8.56. The minimum absolute atomic E-state index is 0.0109. The molecule has 4 rings (SSSR count). The summed E-state index contributed by atoms with van der Waals surface area (Å²) >= 11 is 0. The zero-order chi connectivity index (χ0) is 22.7. The summed E-state index contributed by atoms with van der Waals surface area (Å²) in [6, 6.07) is 16.5. The Morgan fingerprint density at radius 2 is 1.78 bits per heavy atom. The number of ether oxygens (including phenoxy) is 1. The van der Waals surface area contributed by atoms with E-state index in [1.807, 2.05) is 38.1 Å². The van der Waals surface area contributed by atoms with Gasteiger partial charge < -0.3 is 19.0 Å². The Morgan fingerprint density at radius 1 is 1.06 bits per heavy atom. The molecule has 1 fully saturated rings. The van der Waals surface area contributed by atoms with Crippen LogP contribution in [-0.2, 0) is 4.74 Å². The molecule has 1 aliphatic rings. The largest absolute Gasteiger partial charge is 0.465 e. The molecule has 1 saturated heterocycles. The molecule has 0 saturated carbocycles. The maximum Gasteiger partial charge on any atom is 0.253 e. The van der Waals surface area contributed by atoms with Crippen molar-refractivity contribution in [2.24, 2.45) is 0 Å². The molecule has 3 heterocycles. The number of aromatic nitrogens is 1. The Hall–Kier alpha value is -2.83. The molecule has 0 aliphatic carbocycles. The summed E-state index contributed by atoms with van der Waals surface area (Å²) in [6.07, 6.45) is 0. The van der Waals surface area contributed by atoms with Crippen LogP contribution in [0.3, 0.4) is 0 Å². The number of amides is 1. The number of rotatable bonds is 7. The van der Waals surface area contributed by atoms with E-state index >= 15 is 0 Å². The van der Waals surface area contributed by atoms with E-state index in [1.165, 1.54) is 5.56 Å². The van der Waals surface area contributed by atoms with Gasteiger partial charge >= 0.3 is 0 Å². The van der Waals surface area contributed by atoms with Crippen LogP contribution in [0.1, 0.15) is 57.8 Å². The van der Waals surface area contributed by atoms with Gasteiger partial charge in [-0.3, -0.25) is 9.69 Å². The average molecular weight is 436 g/mol. The van der Waals surface area contributed by atoms with Crippen molar-refractivity contribution in [3.05, 3.63) is 82.6 Å².